The molecule has 1 atom stereocenters. The van der Waals surface area contributed by atoms with E-state index in [0.717, 1.165) is 17.7 Å². The molecule has 0 radical (unpaired) electrons. The van der Waals surface area contributed by atoms with Crippen molar-refractivity contribution in [1.82, 2.24) is 9.80 Å². The molecule has 27 heavy (non-hydrogen) atoms. The average molecular weight is 396 g/mol. The zero-order valence-electron chi connectivity index (χ0n) is 16.3. The van der Waals surface area contributed by atoms with Crippen molar-refractivity contribution < 1.29 is 18.0 Å². The Labute approximate surface area is 161 Å². The summed E-state index contributed by atoms with van der Waals surface area (Å²) < 4.78 is 23.3. The first-order valence-electron chi connectivity index (χ1n) is 9.25. The van der Waals surface area contributed by atoms with Crippen LogP contribution in [-0.2, 0) is 19.4 Å². The summed E-state index contributed by atoms with van der Waals surface area (Å²) in [6, 6.07) is 7.27. The van der Waals surface area contributed by atoms with Gasteiger partial charge in [0.25, 0.3) is 0 Å². The van der Waals surface area contributed by atoms with E-state index in [4.69, 9.17) is 0 Å². The third-order valence-corrected chi connectivity index (χ3v) is 6.58. The molecule has 150 valence electrons. The van der Waals surface area contributed by atoms with Gasteiger partial charge in [0.2, 0.25) is 11.8 Å². The van der Waals surface area contributed by atoms with E-state index in [1.54, 1.807) is 11.9 Å². The number of carbonyl (C=O) groups is 2. The maximum absolute atomic E-state index is 12.6. The van der Waals surface area contributed by atoms with Crippen LogP contribution < -0.4 is 5.32 Å². The molecule has 1 fully saturated rings. The summed E-state index contributed by atoms with van der Waals surface area (Å²) in [7, 11) is -1.40. The molecule has 1 N–H and O–H groups in total. The van der Waals surface area contributed by atoms with Crippen molar-refractivity contribution in [2.24, 2.45) is 0 Å². The highest BCUT2D eigenvalue weighted by Gasteiger charge is 2.33. The Hall–Kier alpha value is -1.93. The molecule has 1 aliphatic heterocycles. The molecular weight excluding hydrogens is 366 g/mol. The van der Waals surface area contributed by atoms with Crippen molar-refractivity contribution in [2.45, 2.75) is 32.7 Å². The normalized spacial score (nSPS) is 18.4. The van der Waals surface area contributed by atoms with Gasteiger partial charge in [-0.3, -0.25) is 14.5 Å². The van der Waals surface area contributed by atoms with E-state index in [-0.39, 0.29) is 42.5 Å². The summed E-state index contributed by atoms with van der Waals surface area (Å²) in [5.74, 6) is -0.172. The molecule has 1 aromatic rings. The van der Waals surface area contributed by atoms with E-state index in [1.807, 2.05) is 38.1 Å². The van der Waals surface area contributed by atoms with Gasteiger partial charge in [0.1, 0.15) is 0 Å². The lowest BCUT2D eigenvalue weighted by Crippen LogP contribution is -2.45. The summed E-state index contributed by atoms with van der Waals surface area (Å²) in [5, 5.41) is 2.88. The topological polar surface area (TPSA) is 86.8 Å². The quantitative estimate of drug-likeness (QED) is 0.717. The van der Waals surface area contributed by atoms with E-state index in [1.165, 1.54) is 4.90 Å². The average Bonchev–Trinajstić information content (AvgIpc) is 2.96. The fourth-order valence-corrected chi connectivity index (χ4v) is 5.00. The van der Waals surface area contributed by atoms with Gasteiger partial charge in [-0.25, -0.2) is 8.42 Å². The van der Waals surface area contributed by atoms with E-state index >= 15 is 0 Å². The van der Waals surface area contributed by atoms with Crippen molar-refractivity contribution in [2.75, 3.05) is 43.5 Å². The molecule has 1 aliphatic rings. The van der Waals surface area contributed by atoms with Gasteiger partial charge in [-0.1, -0.05) is 25.1 Å². The van der Waals surface area contributed by atoms with Crippen molar-refractivity contribution in [3.05, 3.63) is 29.8 Å². The minimum Gasteiger partial charge on any atom is -0.341 e. The molecule has 0 aromatic heterocycles. The molecule has 8 heteroatoms. The van der Waals surface area contributed by atoms with Crippen molar-refractivity contribution >= 4 is 27.3 Å². The summed E-state index contributed by atoms with van der Waals surface area (Å²) in [6.07, 6.45) is 1.29. The Morgan fingerprint density at radius 2 is 1.93 bits per heavy atom. The Balaban J connectivity index is 1.93. The molecule has 0 unspecified atom stereocenters. The lowest BCUT2D eigenvalue weighted by molar-refractivity contribution is -0.133. The minimum absolute atomic E-state index is 0.0246. The first-order chi connectivity index (χ1) is 12.7. The van der Waals surface area contributed by atoms with Crippen LogP contribution in [0.3, 0.4) is 0 Å². The Bertz CT molecular complexity index is 779. The number of likely N-dealkylation sites (N-methyl/N-ethyl adjacent to an activating group) is 1. The summed E-state index contributed by atoms with van der Waals surface area (Å²) >= 11 is 0. The molecule has 0 aliphatic carbocycles. The maximum Gasteiger partial charge on any atom is 0.238 e. The molecule has 2 amide bonds. The second-order valence-electron chi connectivity index (χ2n) is 7.14. The van der Waals surface area contributed by atoms with Gasteiger partial charge in [0.15, 0.2) is 9.84 Å². The van der Waals surface area contributed by atoms with Crippen LogP contribution in [0.2, 0.25) is 0 Å². The van der Waals surface area contributed by atoms with E-state index < -0.39 is 9.84 Å². The number of benzene rings is 1. The number of amides is 2. The second kappa shape index (κ2) is 9.32. The zero-order chi connectivity index (χ0) is 20.0. The molecule has 7 nitrogen and oxygen atoms in total. The highest BCUT2D eigenvalue weighted by atomic mass is 32.2. The molecule has 1 heterocycles. The number of para-hydroxylation sites is 1. The highest BCUT2D eigenvalue weighted by molar-refractivity contribution is 7.91. The maximum atomic E-state index is 12.6. The number of rotatable bonds is 8. The molecule has 2 rings (SSSR count). The molecule has 0 bridgehead atoms. The fourth-order valence-electron chi connectivity index (χ4n) is 3.22. The predicted molar refractivity (Wildman–Crippen MR) is 106 cm³/mol. The number of sulfone groups is 1. The number of hydrogen-bond donors (Lipinski definition) is 1. The number of nitrogens with one attached hydrogen (secondary N) is 1. The van der Waals surface area contributed by atoms with Crippen LogP contribution in [0.5, 0.6) is 0 Å². The van der Waals surface area contributed by atoms with E-state index in [9.17, 15) is 18.0 Å². The van der Waals surface area contributed by atoms with Crippen molar-refractivity contribution in [1.29, 1.82) is 0 Å². The first kappa shape index (κ1) is 21.4. The van der Waals surface area contributed by atoms with Gasteiger partial charge in [0.05, 0.1) is 24.6 Å². The lowest BCUT2D eigenvalue weighted by Gasteiger charge is -2.27. The van der Waals surface area contributed by atoms with Gasteiger partial charge >= 0.3 is 0 Å². The number of nitrogens with zero attached hydrogens (tertiary/aromatic N) is 2. The Morgan fingerprint density at radius 3 is 2.52 bits per heavy atom. The smallest absolute Gasteiger partial charge is 0.238 e. The number of aryl methyl sites for hydroxylation is 1. The van der Waals surface area contributed by atoms with Crippen LogP contribution in [0.15, 0.2) is 24.3 Å². The third kappa shape index (κ3) is 6.32. The minimum atomic E-state index is -3.04. The second-order valence-corrected chi connectivity index (χ2v) is 9.36. The van der Waals surface area contributed by atoms with Crippen LogP contribution in [0.4, 0.5) is 5.69 Å². The largest absolute Gasteiger partial charge is 0.341 e. The SMILES string of the molecule is CCCN(CC(=O)Nc1ccccc1C)CC(=O)N(C)[C@H]1CCS(=O)(=O)C1. The van der Waals surface area contributed by atoms with Gasteiger partial charge in [-0.05, 0) is 37.9 Å². The van der Waals surface area contributed by atoms with Crippen molar-refractivity contribution in [3.63, 3.8) is 0 Å². The number of carbonyl (C=O) groups excluding carboxylic acids is 2. The third-order valence-electron chi connectivity index (χ3n) is 4.83. The van der Waals surface area contributed by atoms with Crippen LogP contribution >= 0.6 is 0 Å². The van der Waals surface area contributed by atoms with Crippen molar-refractivity contribution in [3.8, 4) is 0 Å². The van der Waals surface area contributed by atoms with Crippen LogP contribution in [0, 0.1) is 6.92 Å². The van der Waals surface area contributed by atoms with Crippen LogP contribution in [0.25, 0.3) is 0 Å². The molecule has 1 saturated heterocycles. The molecule has 1 aromatic carbocycles. The zero-order valence-corrected chi connectivity index (χ0v) is 17.1. The van der Waals surface area contributed by atoms with E-state index in [0.29, 0.717) is 13.0 Å². The van der Waals surface area contributed by atoms with Gasteiger partial charge in [-0.2, -0.15) is 0 Å². The summed E-state index contributed by atoms with van der Waals surface area (Å²) in [5.41, 5.74) is 1.74. The lowest BCUT2D eigenvalue weighted by atomic mass is 10.2. The molecule has 0 saturated carbocycles. The standard InChI is InChI=1S/C19H29N3O4S/c1-4-10-22(12-18(23)20-17-8-6-5-7-15(17)2)13-19(24)21(3)16-9-11-27(25,26)14-16/h5-8,16H,4,9-14H2,1-3H3,(H,20,23)/t16-/m0/s1. The summed E-state index contributed by atoms with van der Waals surface area (Å²) in [4.78, 5) is 28.3. The van der Waals surface area contributed by atoms with Crippen LogP contribution in [-0.4, -0.2) is 74.3 Å². The molecule has 0 spiro atoms. The van der Waals surface area contributed by atoms with Crippen LogP contribution in [0.1, 0.15) is 25.3 Å². The van der Waals surface area contributed by atoms with E-state index in [2.05, 4.69) is 5.32 Å². The van der Waals surface area contributed by atoms with Gasteiger partial charge in [0, 0.05) is 18.8 Å². The first-order valence-corrected chi connectivity index (χ1v) is 11.1. The monoisotopic (exact) mass is 395 g/mol. The fraction of sp³-hybridized carbons (Fsp3) is 0.579. The Morgan fingerprint density at radius 1 is 1.22 bits per heavy atom. The predicted octanol–water partition coefficient (Wildman–Crippen LogP) is 1.29. The van der Waals surface area contributed by atoms with Gasteiger partial charge in [-0.15, -0.1) is 0 Å². The highest BCUT2D eigenvalue weighted by Crippen LogP contribution is 2.17. The summed E-state index contributed by atoms with van der Waals surface area (Å²) in [6.45, 7) is 4.74. The number of anilines is 1. The number of hydrogen-bond acceptors (Lipinski definition) is 5. The Kier molecular flexibility index (Phi) is 7.38. The van der Waals surface area contributed by atoms with Gasteiger partial charge < -0.3 is 10.2 Å². The molecular formula is C19H29N3O4S.